The molecule has 8 nitrogen and oxygen atoms in total. The summed E-state index contributed by atoms with van der Waals surface area (Å²) in [6, 6.07) is 17.0. The van der Waals surface area contributed by atoms with Gasteiger partial charge in [-0.25, -0.2) is 4.99 Å². The molecular weight excluding hydrogens is 382 g/mol. The van der Waals surface area contributed by atoms with E-state index >= 15 is 0 Å². The van der Waals surface area contributed by atoms with Crippen LogP contribution in [0.3, 0.4) is 0 Å². The number of nitro groups is 1. The highest BCUT2D eigenvalue weighted by atomic mass is 35.5. The number of pyridine rings is 1. The number of nitro benzene ring substituents is 1. The number of aromatic nitrogens is 1. The summed E-state index contributed by atoms with van der Waals surface area (Å²) in [7, 11) is 0. The Hall–Kier alpha value is -3.78. The van der Waals surface area contributed by atoms with Crippen molar-refractivity contribution < 1.29 is 10.0 Å². The van der Waals surface area contributed by atoms with Crippen molar-refractivity contribution in [3.63, 3.8) is 0 Å². The fourth-order valence-electron chi connectivity index (χ4n) is 2.28. The van der Waals surface area contributed by atoms with Crippen LogP contribution in [-0.2, 0) is 0 Å². The first-order valence-corrected chi connectivity index (χ1v) is 8.43. The molecule has 28 heavy (non-hydrogen) atoms. The standard InChI is InChI=1S/C19H14ClN5O3/c20-14-10-13(18(26)17(11-14)25(27)28)12-22-24-19(16-8-4-5-9-21-16)23-15-6-2-1-3-7-15/h1-12,26H,(H,23,24)/b22-12-. The zero-order chi connectivity index (χ0) is 19.9. The van der Waals surface area contributed by atoms with Crippen molar-refractivity contribution in [2.45, 2.75) is 0 Å². The lowest BCUT2D eigenvalue weighted by molar-refractivity contribution is -0.385. The molecule has 0 amide bonds. The number of hydrogen-bond acceptors (Lipinski definition) is 6. The third-order valence-corrected chi connectivity index (χ3v) is 3.78. The van der Waals surface area contributed by atoms with E-state index in [2.05, 4.69) is 20.5 Å². The first kappa shape index (κ1) is 19.0. The Balaban J connectivity index is 1.91. The average Bonchev–Trinajstić information content (AvgIpc) is 2.70. The van der Waals surface area contributed by atoms with Crippen LogP contribution < -0.4 is 5.43 Å². The first-order valence-electron chi connectivity index (χ1n) is 8.05. The Kier molecular flexibility index (Phi) is 5.93. The van der Waals surface area contributed by atoms with Crippen molar-refractivity contribution in [1.29, 1.82) is 0 Å². The van der Waals surface area contributed by atoms with E-state index in [0.717, 1.165) is 6.07 Å². The zero-order valence-corrected chi connectivity index (χ0v) is 15.1. The molecule has 1 aromatic heterocycles. The van der Waals surface area contributed by atoms with Crippen LogP contribution in [0, 0.1) is 10.1 Å². The molecule has 9 heteroatoms. The summed E-state index contributed by atoms with van der Waals surface area (Å²) >= 11 is 5.88. The van der Waals surface area contributed by atoms with Gasteiger partial charge in [-0.15, -0.1) is 0 Å². The molecule has 1 heterocycles. The SMILES string of the molecule is O=[N+]([O-])c1cc(Cl)cc(/C=N\NC(=Nc2ccccc2)c2ccccn2)c1O. The highest BCUT2D eigenvalue weighted by Gasteiger charge is 2.17. The molecule has 0 spiro atoms. The molecule has 0 aliphatic carbocycles. The predicted molar refractivity (Wildman–Crippen MR) is 107 cm³/mol. The van der Waals surface area contributed by atoms with Gasteiger partial charge in [0.15, 0.2) is 5.84 Å². The van der Waals surface area contributed by atoms with Gasteiger partial charge in [0, 0.05) is 22.8 Å². The molecule has 3 aromatic rings. The minimum atomic E-state index is -0.720. The van der Waals surface area contributed by atoms with Crippen molar-refractivity contribution in [2.75, 3.05) is 0 Å². The summed E-state index contributed by atoms with van der Waals surface area (Å²) in [5.41, 5.74) is 3.58. The summed E-state index contributed by atoms with van der Waals surface area (Å²) in [5, 5.41) is 25.2. The molecule has 0 bridgehead atoms. The average molecular weight is 396 g/mol. The molecular formula is C19H14ClN5O3. The fourth-order valence-corrected chi connectivity index (χ4v) is 2.50. The summed E-state index contributed by atoms with van der Waals surface area (Å²) < 4.78 is 0. The summed E-state index contributed by atoms with van der Waals surface area (Å²) in [5.74, 6) is -0.168. The van der Waals surface area contributed by atoms with Gasteiger partial charge in [0.25, 0.3) is 0 Å². The minimum absolute atomic E-state index is 0.0896. The molecule has 0 unspecified atom stereocenters. The monoisotopic (exact) mass is 395 g/mol. The molecule has 3 rings (SSSR count). The number of phenolic OH excluding ortho intramolecular Hbond substituents is 1. The quantitative estimate of drug-likeness (QED) is 0.293. The number of amidine groups is 1. The van der Waals surface area contributed by atoms with Gasteiger partial charge in [-0.2, -0.15) is 5.10 Å². The Morgan fingerprint density at radius 3 is 2.61 bits per heavy atom. The molecule has 0 saturated heterocycles. The van der Waals surface area contributed by atoms with Crippen LogP contribution in [-0.4, -0.2) is 27.1 Å². The van der Waals surface area contributed by atoms with Crippen molar-refractivity contribution in [3.05, 3.63) is 93.3 Å². The van der Waals surface area contributed by atoms with Gasteiger partial charge < -0.3 is 5.11 Å². The van der Waals surface area contributed by atoms with E-state index in [1.165, 1.54) is 12.3 Å². The fraction of sp³-hybridized carbons (Fsp3) is 0. The first-order chi connectivity index (χ1) is 13.5. The number of benzene rings is 2. The van der Waals surface area contributed by atoms with E-state index in [-0.39, 0.29) is 10.6 Å². The molecule has 0 atom stereocenters. The van der Waals surface area contributed by atoms with Crippen molar-refractivity contribution in [1.82, 2.24) is 10.4 Å². The lowest BCUT2D eigenvalue weighted by atomic mass is 10.2. The van der Waals surface area contributed by atoms with Crippen LogP contribution in [0.15, 0.2) is 77.0 Å². The van der Waals surface area contributed by atoms with Crippen LogP contribution in [0.2, 0.25) is 5.02 Å². The molecule has 0 saturated carbocycles. The number of hydrazone groups is 1. The summed E-state index contributed by atoms with van der Waals surface area (Å²) in [6.45, 7) is 0. The van der Waals surface area contributed by atoms with Crippen LogP contribution in [0.4, 0.5) is 11.4 Å². The van der Waals surface area contributed by atoms with Gasteiger partial charge in [-0.05, 0) is 30.3 Å². The van der Waals surface area contributed by atoms with E-state index in [1.54, 1.807) is 24.4 Å². The summed E-state index contributed by atoms with van der Waals surface area (Å²) in [6.07, 6.45) is 2.84. The number of halogens is 1. The Morgan fingerprint density at radius 2 is 1.93 bits per heavy atom. The van der Waals surface area contributed by atoms with E-state index in [9.17, 15) is 15.2 Å². The molecule has 2 aromatic carbocycles. The van der Waals surface area contributed by atoms with Gasteiger partial charge in [0.2, 0.25) is 5.75 Å². The van der Waals surface area contributed by atoms with Crippen molar-refractivity contribution in [3.8, 4) is 5.75 Å². The molecule has 0 fully saturated rings. The van der Waals surface area contributed by atoms with E-state index < -0.39 is 16.4 Å². The predicted octanol–water partition coefficient (Wildman–Crippen LogP) is 4.05. The van der Waals surface area contributed by atoms with Crippen LogP contribution in [0.5, 0.6) is 5.75 Å². The highest BCUT2D eigenvalue weighted by Crippen LogP contribution is 2.32. The molecule has 2 N–H and O–H groups in total. The van der Waals surface area contributed by atoms with Gasteiger partial charge in [0.05, 0.1) is 16.8 Å². The van der Waals surface area contributed by atoms with Crippen LogP contribution in [0.25, 0.3) is 0 Å². The van der Waals surface area contributed by atoms with Crippen molar-refractivity contribution in [2.24, 2.45) is 10.1 Å². The normalized spacial score (nSPS) is 11.5. The van der Waals surface area contributed by atoms with E-state index in [4.69, 9.17) is 11.6 Å². The number of hydrogen-bond donors (Lipinski definition) is 2. The molecule has 140 valence electrons. The number of nitrogens with zero attached hydrogens (tertiary/aromatic N) is 4. The highest BCUT2D eigenvalue weighted by molar-refractivity contribution is 6.31. The Morgan fingerprint density at radius 1 is 1.18 bits per heavy atom. The topological polar surface area (TPSA) is 113 Å². The maximum absolute atomic E-state index is 11.0. The smallest absolute Gasteiger partial charge is 0.312 e. The number of aromatic hydroxyl groups is 1. The number of phenols is 1. The molecule has 0 aliphatic rings. The van der Waals surface area contributed by atoms with Gasteiger partial charge >= 0.3 is 5.69 Å². The lowest BCUT2D eigenvalue weighted by Crippen LogP contribution is -2.20. The third kappa shape index (κ3) is 4.68. The second-order valence-corrected chi connectivity index (χ2v) is 5.94. The lowest BCUT2D eigenvalue weighted by Gasteiger charge is -2.06. The number of para-hydroxylation sites is 1. The second-order valence-electron chi connectivity index (χ2n) is 5.50. The van der Waals surface area contributed by atoms with Gasteiger partial charge in [-0.3, -0.25) is 20.5 Å². The van der Waals surface area contributed by atoms with E-state index in [0.29, 0.717) is 17.2 Å². The van der Waals surface area contributed by atoms with Crippen LogP contribution in [0.1, 0.15) is 11.3 Å². The Bertz CT molecular complexity index is 1040. The largest absolute Gasteiger partial charge is 0.502 e. The minimum Gasteiger partial charge on any atom is -0.502 e. The van der Waals surface area contributed by atoms with Crippen molar-refractivity contribution >= 4 is 35.0 Å². The number of nitrogens with one attached hydrogen (secondary N) is 1. The third-order valence-electron chi connectivity index (χ3n) is 3.56. The number of rotatable bonds is 5. The Labute approximate surface area is 165 Å². The summed E-state index contributed by atoms with van der Waals surface area (Å²) in [4.78, 5) is 19.0. The maximum atomic E-state index is 11.0. The number of aliphatic imine (C=N–C) groups is 1. The van der Waals surface area contributed by atoms with Gasteiger partial charge in [-0.1, -0.05) is 35.9 Å². The van der Waals surface area contributed by atoms with Gasteiger partial charge in [0.1, 0.15) is 5.69 Å². The van der Waals surface area contributed by atoms with E-state index in [1.807, 2.05) is 30.3 Å². The molecule has 0 radical (unpaired) electrons. The van der Waals surface area contributed by atoms with Crippen LogP contribution >= 0.6 is 11.6 Å². The maximum Gasteiger partial charge on any atom is 0.312 e. The molecule has 0 aliphatic heterocycles. The second kappa shape index (κ2) is 8.74. The zero-order valence-electron chi connectivity index (χ0n) is 14.4.